The summed E-state index contributed by atoms with van der Waals surface area (Å²) in [5.41, 5.74) is 2.62. The fourth-order valence-corrected chi connectivity index (χ4v) is 3.61. The molecule has 3 aliphatic rings. The van der Waals surface area contributed by atoms with Crippen LogP contribution in [0.4, 0.5) is 5.82 Å². The zero-order chi connectivity index (χ0) is 15.5. The third kappa shape index (κ3) is 5.68. The molecule has 0 amide bonds. The van der Waals surface area contributed by atoms with Crippen LogP contribution in [0.3, 0.4) is 0 Å². The van der Waals surface area contributed by atoms with Gasteiger partial charge in [-0.3, -0.25) is 0 Å². The van der Waals surface area contributed by atoms with E-state index in [2.05, 4.69) is 10.6 Å². The molecule has 0 unspecified atom stereocenters. The first-order chi connectivity index (χ1) is 11.4. The quantitative estimate of drug-likeness (QED) is 0.811. The Morgan fingerprint density at radius 3 is 2.48 bits per heavy atom. The van der Waals surface area contributed by atoms with Gasteiger partial charge in [0, 0.05) is 44.7 Å². The summed E-state index contributed by atoms with van der Waals surface area (Å²) in [6.07, 6.45) is 8.16. The van der Waals surface area contributed by atoms with Crippen molar-refractivity contribution in [1.29, 1.82) is 0 Å². The summed E-state index contributed by atoms with van der Waals surface area (Å²) in [6.45, 7) is 4.90. The van der Waals surface area contributed by atoms with E-state index in [0.29, 0.717) is 5.92 Å². The van der Waals surface area contributed by atoms with Crippen molar-refractivity contribution >= 4 is 30.6 Å². The largest absolute Gasteiger partial charge is 0.381 e. The van der Waals surface area contributed by atoms with E-state index in [0.717, 1.165) is 82.5 Å². The molecule has 0 bridgehead atoms. The van der Waals surface area contributed by atoms with Crippen molar-refractivity contribution in [3.63, 3.8) is 0 Å². The minimum Gasteiger partial charge on any atom is -0.381 e. The van der Waals surface area contributed by atoms with Crippen molar-refractivity contribution in [2.45, 2.75) is 44.9 Å². The van der Waals surface area contributed by atoms with Crippen molar-refractivity contribution in [1.82, 2.24) is 15.3 Å². The maximum Gasteiger partial charge on any atom is 0.133 e. The van der Waals surface area contributed by atoms with E-state index >= 15 is 0 Å². The lowest BCUT2D eigenvalue weighted by atomic mass is 10.0. The molecule has 1 aromatic heterocycles. The van der Waals surface area contributed by atoms with Gasteiger partial charge in [0.2, 0.25) is 0 Å². The number of halogens is 2. The van der Waals surface area contributed by atoms with E-state index in [1.807, 2.05) is 0 Å². The first-order valence-electron chi connectivity index (χ1n) is 9.29. The van der Waals surface area contributed by atoms with Crippen LogP contribution in [0.2, 0.25) is 0 Å². The van der Waals surface area contributed by atoms with E-state index in [4.69, 9.17) is 14.7 Å². The number of nitrogens with one attached hydrogen (secondary N) is 2. The summed E-state index contributed by atoms with van der Waals surface area (Å²) in [7, 11) is 0. The van der Waals surface area contributed by atoms with Crippen molar-refractivity contribution in [3.05, 3.63) is 17.1 Å². The minimum atomic E-state index is 0. The van der Waals surface area contributed by atoms with Gasteiger partial charge < -0.3 is 15.4 Å². The molecule has 5 nitrogen and oxygen atoms in total. The second-order valence-corrected chi connectivity index (χ2v) is 7.25. The summed E-state index contributed by atoms with van der Waals surface area (Å²) in [6, 6.07) is 0. The van der Waals surface area contributed by atoms with Crippen molar-refractivity contribution in [3.8, 4) is 0 Å². The molecular formula is C18H30Cl2N4O. The number of aromatic nitrogens is 2. The van der Waals surface area contributed by atoms with E-state index in [1.54, 1.807) is 0 Å². The Morgan fingerprint density at radius 2 is 1.72 bits per heavy atom. The summed E-state index contributed by atoms with van der Waals surface area (Å²) in [5, 5.41) is 7.16. The Hall–Kier alpha value is -0.620. The number of fused-ring (bicyclic) bond motifs is 1. The van der Waals surface area contributed by atoms with Gasteiger partial charge in [-0.1, -0.05) is 0 Å². The molecule has 1 saturated carbocycles. The summed E-state index contributed by atoms with van der Waals surface area (Å²) in [4.78, 5) is 9.81. The Morgan fingerprint density at radius 1 is 0.960 bits per heavy atom. The van der Waals surface area contributed by atoms with Gasteiger partial charge in [-0.25, -0.2) is 9.97 Å². The van der Waals surface area contributed by atoms with Crippen LogP contribution in [0.15, 0.2) is 0 Å². The highest BCUT2D eigenvalue weighted by Crippen LogP contribution is 2.32. The van der Waals surface area contributed by atoms with Crippen LogP contribution >= 0.6 is 24.8 Å². The Bertz CT molecular complexity index is 548. The van der Waals surface area contributed by atoms with Crippen LogP contribution in [0.25, 0.3) is 0 Å². The molecule has 2 fully saturated rings. The highest BCUT2D eigenvalue weighted by atomic mass is 35.5. The third-order valence-corrected chi connectivity index (χ3v) is 5.30. The number of rotatable bonds is 5. The maximum atomic E-state index is 5.47. The molecule has 3 heterocycles. The first-order valence-corrected chi connectivity index (χ1v) is 9.29. The molecule has 4 rings (SSSR count). The monoisotopic (exact) mass is 388 g/mol. The fourth-order valence-electron chi connectivity index (χ4n) is 3.61. The SMILES string of the molecule is C1Cc2nc(CC3CC3)nc(NCC3CCOCC3)c2CCN1.Cl.Cl. The van der Waals surface area contributed by atoms with Crippen molar-refractivity contribution in [2.75, 3.05) is 38.2 Å². The highest BCUT2D eigenvalue weighted by molar-refractivity contribution is 5.85. The fraction of sp³-hybridized carbons (Fsp3) is 0.778. The molecule has 2 N–H and O–H groups in total. The number of hydrogen-bond donors (Lipinski definition) is 2. The van der Waals surface area contributed by atoms with Crippen LogP contribution < -0.4 is 10.6 Å². The van der Waals surface area contributed by atoms with E-state index in [-0.39, 0.29) is 24.8 Å². The molecule has 0 radical (unpaired) electrons. The molecule has 142 valence electrons. The van der Waals surface area contributed by atoms with E-state index in [9.17, 15) is 0 Å². The topological polar surface area (TPSA) is 59.1 Å². The molecule has 1 aromatic rings. The van der Waals surface area contributed by atoms with Crippen molar-refractivity contribution < 1.29 is 4.74 Å². The lowest BCUT2D eigenvalue weighted by Crippen LogP contribution is -2.24. The van der Waals surface area contributed by atoms with Gasteiger partial charge >= 0.3 is 0 Å². The van der Waals surface area contributed by atoms with Crippen LogP contribution in [-0.4, -0.2) is 42.8 Å². The summed E-state index contributed by atoms with van der Waals surface area (Å²) >= 11 is 0. The van der Waals surface area contributed by atoms with Crippen LogP contribution in [-0.2, 0) is 24.0 Å². The number of nitrogens with zero attached hydrogens (tertiary/aromatic N) is 2. The smallest absolute Gasteiger partial charge is 0.133 e. The lowest BCUT2D eigenvalue weighted by molar-refractivity contribution is 0.0699. The maximum absolute atomic E-state index is 5.47. The van der Waals surface area contributed by atoms with Gasteiger partial charge in [-0.2, -0.15) is 0 Å². The molecular weight excluding hydrogens is 359 g/mol. The molecule has 0 atom stereocenters. The summed E-state index contributed by atoms with van der Waals surface area (Å²) < 4.78 is 5.47. The molecule has 1 saturated heterocycles. The molecule has 2 aliphatic heterocycles. The second-order valence-electron chi connectivity index (χ2n) is 7.25. The second kappa shape index (κ2) is 9.91. The average Bonchev–Trinajstić information content (AvgIpc) is 3.40. The molecule has 1 aliphatic carbocycles. The number of ether oxygens (including phenoxy) is 1. The average molecular weight is 389 g/mol. The third-order valence-electron chi connectivity index (χ3n) is 5.30. The standard InChI is InChI=1S/C18H28N4O.2ClH/c1-2-13(1)11-17-21-16-4-8-19-7-3-15(16)18(22-17)20-12-14-5-9-23-10-6-14;;/h13-14,19H,1-12H2,(H,20,21,22);2*1H. The van der Waals surface area contributed by atoms with Gasteiger partial charge in [-0.15, -0.1) is 24.8 Å². The van der Waals surface area contributed by atoms with Gasteiger partial charge in [0.1, 0.15) is 11.6 Å². The highest BCUT2D eigenvalue weighted by Gasteiger charge is 2.25. The molecule has 7 heteroatoms. The Kier molecular flexibility index (Phi) is 8.20. The van der Waals surface area contributed by atoms with Gasteiger partial charge in [0.15, 0.2) is 0 Å². The zero-order valence-electron chi connectivity index (χ0n) is 14.8. The summed E-state index contributed by atoms with van der Waals surface area (Å²) in [5.74, 6) is 3.72. The van der Waals surface area contributed by atoms with E-state index < -0.39 is 0 Å². The Balaban J connectivity index is 0.00000113. The molecule has 25 heavy (non-hydrogen) atoms. The Labute approximate surface area is 162 Å². The molecule has 0 aromatic carbocycles. The normalized spacial score (nSPS) is 20.6. The zero-order valence-corrected chi connectivity index (χ0v) is 16.4. The predicted octanol–water partition coefficient (Wildman–Crippen LogP) is 2.80. The van der Waals surface area contributed by atoms with Gasteiger partial charge in [-0.05, 0) is 50.5 Å². The molecule has 0 spiro atoms. The number of hydrogen-bond acceptors (Lipinski definition) is 5. The number of anilines is 1. The minimum absolute atomic E-state index is 0. The predicted molar refractivity (Wildman–Crippen MR) is 105 cm³/mol. The van der Waals surface area contributed by atoms with E-state index in [1.165, 1.54) is 24.1 Å². The van der Waals surface area contributed by atoms with Gasteiger partial charge in [0.25, 0.3) is 0 Å². The van der Waals surface area contributed by atoms with Crippen molar-refractivity contribution in [2.24, 2.45) is 11.8 Å². The van der Waals surface area contributed by atoms with Crippen LogP contribution in [0.5, 0.6) is 0 Å². The van der Waals surface area contributed by atoms with Crippen LogP contribution in [0, 0.1) is 11.8 Å². The first kappa shape index (κ1) is 20.7. The lowest BCUT2D eigenvalue weighted by Gasteiger charge is -2.23. The van der Waals surface area contributed by atoms with Crippen LogP contribution in [0.1, 0.15) is 42.8 Å². The van der Waals surface area contributed by atoms with Gasteiger partial charge in [0.05, 0.1) is 5.69 Å².